The molecule has 2 rings (SSSR count). The van der Waals surface area contributed by atoms with Gasteiger partial charge in [-0.05, 0) is 37.9 Å². The second kappa shape index (κ2) is 10.0. The number of carbonyl (C=O) groups excluding carboxylic acids is 1. The molecule has 2 aromatic rings. The van der Waals surface area contributed by atoms with Crippen molar-refractivity contribution in [2.45, 2.75) is 11.4 Å². The highest BCUT2D eigenvalue weighted by Crippen LogP contribution is 2.15. The number of hydrogen-bond acceptors (Lipinski definition) is 4. The van der Waals surface area contributed by atoms with Crippen molar-refractivity contribution in [1.82, 2.24) is 14.5 Å². The van der Waals surface area contributed by atoms with Gasteiger partial charge in [-0.1, -0.05) is 42.3 Å². The highest BCUT2D eigenvalue weighted by molar-refractivity contribution is 7.89. The average Bonchev–Trinajstić information content (AvgIpc) is 2.70. The van der Waals surface area contributed by atoms with Crippen LogP contribution in [0, 0.1) is 12.3 Å². The van der Waals surface area contributed by atoms with Crippen molar-refractivity contribution in [3.63, 3.8) is 0 Å². The number of rotatable bonds is 9. The lowest BCUT2D eigenvalue weighted by Crippen LogP contribution is -2.36. The van der Waals surface area contributed by atoms with Crippen molar-refractivity contribution >= 4 is 15.9 Å². The minimum atomic E-state index is -3.76. The van der Waals surface area contributed by atoms with Crippen molar-refractivity contribution in [2.24, 2.45) is 0 Å². The van der Waals surface area contributed by atoms with E-state index in [1.807, 2.05) is 49.3 Å². The molecule has 1 N–H and O–H groups in total. The lowest BCUT2D eigenvalue weighted by molar-refractivity contribution is 0.0731. The maximum Gasteiger partial charge on any atom is 0.254 e. The number of nitrogens with zero attached hydrogens (tertiary/aromatic N) is 2. The van der Waals surface area contributed by atoms with Gasteiger partial charge in [0.15, 0.2) is 0 Å². The Morgan fingerprint density at radius 2 is 1.79 bits per heavy atom. The van der Waals surface area contributed by atoms with E-state index < -0.39 is 10.0 Å². The van der Waals surface area contributed by atoms with Crippen LogP contribution >= 0.6 is 0 Å². The van der Waals surface area contributed by atoms with Crippen LogP contribution in [0.25, 0.3) is 0 Å². The van der Waals surface area contributed by atoms with E-state index in [0.29, 0.717) is 25.2 Å². The summed E-state index contributed by atoms with van der Waals surface area (Å²) in [7, 11) is 0.120. The highest BCUT2D eigenvalue weighted by atomic mass is 32.2. The van der Waals surface area contributed by atoms with E-state index in [2.05, 4.69) is 10.6 Å². The zero-order valence-corrected chi connectivity index (χ0v) is 16.9. The summed E-state index contributed by atoms with van der Waals surface area (Å²) in [6.45, 7) is 1.55. The van der Waals surface area contributed by atoms with Crippen LogP contribution in [0.1, 0.15) is 15.9 Å². The molecule has 0 saturated heterocycles. The van der Waals surface area contributed by atoms with Gasteiger partial charge in [-0.15, -0.1) is 6.42 Å². The minimum Gasteiger partial charge on any atom is -0.333 e. The first-order valence-electron chi connectivity index (χ1n) is 8.84. The molecular formula is C21H25N3O3S. The third-order valence-corrected chi connectivity index (χ3v) is 5.48. The summed E-state index contributed by atoms with van der Waals surface area (Å²) >= 11 is 0. The van der Waals surface area contributed by atoms with E-state index >= 15 is 0 Å². The van der Waals surface area contributed by atoms with E-state index in [9.17, 15) is 13.2 Å². The summed E-state index contributed by atoms with van der Waals surface area (Å²) < 4.78 is 26.9. The van der Waals surface area contributed by atoms with Crippen LogP contribution in [-0.4, -0.2) is 57.9 Å². The molecule has 2 aromatic carbocycles. The molecule has 7 heteroatoms. The van der Waals surface area contributed by atoms with E-state index in [0.717, 1.165) is 5.56 Å². The Morgan fingerprint density at radius 3 is 2.43 bits per heavy atom. The monoisotopic (exact) mass is 399 g/mol. The Hall–Kier alpha value is -2.66. The Kier molecular flexibility index (Phi) is 7.76. The quantitative estimate of drug-likeness (QED) is 0.653. The predicted octanol–water partition coefficient (Wildman–Crippen LogP) is 1.80. The fourth-order valence-corrected chi connectivity index (χ4v) is 3.56. The van der Waals surface area contributed by atoms with Crippen LogP contribution in [0.15, 0.2) is 59.5 Å². The van der Waals surface area contributed by atoms with Crippen LogP contribution in [-0.2, 0) is 16.6 Å². The van der Waals surface area contributed by atoms with Gasteiger partial charge in [-0.2, -0.15) is 4.72 Å². The van der Waals surface area contributed by atoms with Gasteiger partial charge in [-0.25, -0.2) is 8.42 Å². The number of benzene rings is 2. The van der Waals surface area contributed by atoms with Gasteiger partial charge < -0.3 is 9.80 Å². The number of likely N-dealkylation sites (N-methyl/N-ethyl adjacent to an activating group) is 1. The van der Waals surface area contributed by atoms with Gasteiger partial charge in [0.2, 0.25) is 10.0 Å². The molecule has 0 aliphatic heterocycles. The first-order chi connectivity index (χ1) is 13.3. The normalized spacial score (nSPS) is 11.2. The summed E-state index contributed by atoms with van der Waals surface area (Å²) in [5, 5.41) is 0. The van der Waals surface area contributed by atoms with Gasteiger partial charge in [0.1, 0.15) is 0 Å². The summed E-state index contributed by atoms with van der Waals surface area (Å²) in [5.41, 5.74) is 1.33. The second-order valence-electron chi connectivity index (χ2n) is 6.57. The lowest BCUT2D eigenvalue weighted by Gasteiger charge is -2.25. The number of sulfonamides is 1. The standard InChI is InChI=1S/C21H25N3O3S/c1-4-13-22-28(26,27)20-12-8-11-19(16-20)21(25)24(15-14-23(2)3)17-18-9-6-5-7-10-18/h1,5-12,16,22H,13-15,17H2,2-3H3. The number of amides is 1. The molecule has 1 amide bonds. The maximum absolute atomic E-state index is 13.1. The summed E-state index contributed by atoms with van der Waals surface area (Å²) in [5.74, 6) is 2.01. The molecule has 0 aliphatic rings. The largest absolute Gasteiger partial charge is 0.333 e. The first-order valence-corrected chi connectivity index (χ1v) is 10.3. The van der Waals surface area contributed by atoms with Crippen LogP contribution in [0.5, 0.6) is 0 Å². The molecule has 0 aromatic heterocycles. The molecular weight excluding hydrogens is 374 g/mol. The molecule has 28 heavy (non-hydrogen) atoms. The van der Waals surface area contributed by atoms with Gasteiger partial charge in [-0.3, -0.25) is 4.79 Å². The fourth-order valence-electron chi connectivity index (χ4n) is 2.58. The van der Waals surface area contributed by atoms with Crippen molar-refractivity contribution < 1.29 is 13.2 Å². The molecule has 0 heterocycles. The summed E-state index contributed by atoms with van der Waals surface area (Å²) in [6, 6.07) is 15.7. The zero-order valence-electron chi connectivity index (χ0n) is 16.1. The SMILES string of the molecule is C#CCNS(=O)(=O)c1cccc(C(=O)N(CCN(C)C)Cc2ccccc2)c1. The maximum atomic E-state index is 13.1. The molecule has 0 bridgehead atoms. The molecule has 148 valence electrons. The zero-order chi connectivity index (χ0) is 20.6. The van der Waals surface area contributed by atoms with Crippen molar-refractivity contribution in [1.29, 1.82) is 0 Å². The van der Waals surface area contributed by atoms with Gasteiger partial charge in [0.25, 0.3) is 5.91 Å². The van der Waals surface area contributed by atoms with Crippen molar-refractivity contribution in [2.75, 3.05) is 33.7 Å². The molecule has 0 aliphatic carbocycles. The number of hydrogen-bond donors (Lipinski definition) is 1. The average molecular weight is 400 g/mol. The third-order valence-electron chi connectivity index (χ3n) is 4.08. The second-order valence-corrected chi connectivity index (χ2v) is 8.34. The Labute approximate surface area is 167 Å². The van der Waals surface area contributed by atoms with E-state index in [4.69, 9.17) is 6.42 Å². The first kappa shape index (κ1) is 21.6. The topological polar surface area (TPSA) is 69.7 Å². The third kappa shape index (κ3) is 6.20. The van der Waals surface area contributed by atoms with E-state index in [1.54, 1.807) is 17.0 Å². The van der Waals surface area contributed by atoms with Gasteiger partial charge in [0.05, 0.1) is 11.4 Å². The molecule has 6 nitrogen and oxygen atoms in total. The molecule has 0 spiro atoms. The smallest absolute Gasteiger partial charge is 0.254 e. The molecule has 0 unspecified atom stereocenters. The van der Waals surface area contributed by atoms with Crippen LogP contribution in [0.2, 0.25) is 0 Å². The number of terminal acetylenes is 1. The Bertz CT molecular complexity index is 935. The number of carbonyl (C=O) groups is 1. The van der Waals surface area contributed by atoms with Crippen LogP contribution < -0.4 is 4.72 Å². The van der Waals surface area contributed by atoms with Crippen molar-refractivity contribution in [3.05, 3.63) is 65.7 Å². The van der Waals surface area contributed by atoms with Gasteiger partial charge >= 0.3 is 0 Å². The van der Waals surface area contributed by atoms with E-state index in [-0.39, 0.29) is 17.3 Å². The summed E-state index contributed by atoms with van der Waals surface area (Å²) in [4.78, 5) is 16.8. The molecule has 0 radical (unpaired) electrons. The highest BCUT2D eigenvalue weighted by Gasteiger charge is 2.20. The summed E-state index contributed by atoms with van der Waals surface area (Å²) in [6.07, 6.45) is 5.12. The van der Waals surface area contributed by atoms with Crippen LogP contribution in [0.3, 0.4) is 0 Å². The predicted molar refractivity (Wildman–Crippen MR) is 110 cm³/mol. The van der Waals surface area contributed by atoms with E-state index in [1.165, 1.54) is 12.1 Å². The molecule has 0 fully saturated rings. The Morgan fingerprint density at radius 1 is 1.07 bits per heavy atom. The minimum absolute atomic E-state index is 0.0147. The van der Waals surface area contributed by atoms with Crippen LogP contribution in [0.4, 0.5) is 0 Å². The Balaban J connectivity index is 2.28. The molecule has 0 atom stereocenters. The van der Waals surface area contributed by atoms with Crippen molar-refractivity contribution in [3.8, 4) is 12.3 Å². The molecule has 0 saturated carbocycles. The number of nitrogens with one attached hydrogen (secondary N) is 1. The fraction of sp³-hybridized carbons (Fsp3) is 0.286. The van der Waals surface area contributed by atoms with Gasteiger partial charge in [0, 0.05) is 25.2 Å². The lowest BCUT2D eigenvalue weighted by atomic mass is 10.1.